The second kappa shape index (κ2) is 10.9. The number of fused-ring (bicyclic) bond motifs is 1. The average Bonchev–Trinajstić information content (AvgIpc) is 3.18. The van der Waals surface area contributed by atoms with Crippen molar-refractivity contribution in [3.8, 4) is 5.75 Å². The van der Waals surface area contributed by atoms with E-state index in [1.807, 2.05) is 66.7 Å². The molecule has 6 nitrogen and oxygen atoms in total. The van der Waals surface area contributed by atoms with Gasteiger partial charge in [0.25, 0.3) is 5.91 Å². The first-order valence-electron chi connectivity index (χ1n) is 11.8. The van der Waals surface area contributed by atoms with Gasteiger partial charge in [0, 0.05) is 29.2 Å². The molecule has 3 aromatic rings. The Kier molecular flexibility index (Phi) is 7.50. The molecule has 34 heavy (non-hydrogen) atoms. The Morgan fingerprint density at radius 3 is 2.44 bits per heavy atom. The molecule has 0 radical (unpaired) electrons. The lowest BCUT2D eigenvalue weighted by Gasteiger charge is -2.18. The van der Waals surface area contributed by atoms with Crippen LogP contribution in [0.1, 0.15) is 31.4 Å². The first kappa shape index (κ1) is 23.4. The van der Waals surface area contributed by atoms with Gasteiger partial charge < -0.3 is 26.0 Å². The third-order valence-electron chi connectivity index (χ3n) is 6.01. The van der Waals surface area contributed by atoms with E-state index in [4.69, 9.17) is 10.5 Å². The lowest BCUT2D eigenvalue weighted by molar-refractivity contribution is -0.110. The van der Waals surface area contributed by atoms with E-state index >= 15 is 0 Å². The van der Waals surface area contributed by atoms with Crippen molar-refractivity contribution in [1.82, 2.24) is 4.90 Å². The Labute approximate surface area is 201 Å². The van der Waals surface area contributed by atoms with Crippen LogP contribution in [-0.2, 0) is 4.79 Å². The maximum absolute atomic E-state index is 13.0. The van der Waals surface area contributed by atoms with E-state index in [1.165, 1.54) is 0 Å². The first-order valence-corrected chi connectivity index (χ1v) is 11.8. The van der Waals surface area contributed by atoms with Crippen LogP contribution >= 0.6 is 0 Å². The highest BCUT2D eigenvalue weighted by molar-refractivity contribution is 6.37. The highest BCUT2D eigenvalue weighted by Crippen LogP contribution is 2.38. The predicted octanol–water partition coefficient (Wildman–Crippen LogP) is 5.31. The number of ether oxygens (including phenoxy) is 1. The van der Waals surface area contributed by atoms with Gasteiger partial charge in [0.2, 0.25) is 0 Å². The Morgan fingerprint density at radius 1 is 1.00 bits per heavy atom. The second-order valence-electron chi connectivity index (χ2n) is 8.25. The normalized spacial score (nSPS) is 14.0. The summed E-state index contributed by atoms with van der Waals surface area (Å²) in [6.07, 6.45) is 0.990. The van der Waals surface area contributed by atoms with Crippen molar-refractivity contribution in [3.05, 3.63) is 83.9 Å². The van der Waals surface area contributed by atoms with Crippen LogP contribution in [0.15, 0.2) is 72.8 Å². The molecule has 176 valence electrons. The van der Waals surface area contributed by atoms with Crippen LogP contribution in [0, 0.1) is 0 Å². The van der Waals surface area contributed by atoms with Gasteiger partial charge in [0.15, 0.2) is 0 Å². The minimum atomic E-state index is -0.153. The number of benzene rings is 3. The van der Waals surface area contributed by atoms with Crippen LogP contribution in [0.4, 0.5) is 17.1 Å². The third kappa shape index (κ3) is 5.41. The van der Waals surface area contributed by atoms with E-state index in [1.54, 1.807) is 6.07 Å². The minimum absolute atomic E-state index is 0.153. The standard InChI is InChI=1S/C28H32N4O2/c1-3-32(4-2)17-8-18-34-23-14-12-22(13-15-23)30-27(20-9-6-5-7-10-20)26-24-19-21(29)11-16-25(24)31-28(26)33/h5-7,9-16,19,30H,3-4,8,17-18,29H2,1-2H3,(H,31,33)/b27-26-. The van der Waals surface area contributed by atoms with Crippen LogP contribution < -0.4 is 21.1 Å². The Morgan fingerprint density at radius 2 is 1.74 bits per heavy atom. The molecule has 0 unspecified atom stereocenters. The predicted molar refractivity (Wildman–Crippen MR) is 141 cm³/mol. The SMILES string of the molecule is CCN(CC)CCCOc1ccc(N/C(=C2\C(=O)Nc3ccc(N)cc32)c2ccccc2)cc1. The summed E-state index contributed by atoms with van der Waals surface area (Å²) in [5.74, 6) is 0.677. The number of nitrogens with zero attached hydrogens (tertiary/aromatic N) is 1. The lowest BCUT2D eigenvalue weighted by atomic mass is 9.99. The van der Waals surface area contributed by atoms with Crippen molar-refractivity contribution in [1.29, 1.82) is 0 Å². The van der Waals surface area contributed by atoms with Crippen molar-refractivity contribution in [2.75, 3.05) is 42.6 Å². The van der Waals surface area contributed by atoms with E-state index in [0.29, 0.717) is 17.9 Å². The zero-order chi connectivity index (χ0) is 23.9. The summed E-state index contributed by atoms with van der Waals surface area (Å²) in [5.41, 5.74) is 11.3. The van der Waals surface area contributed by atoms with Crippen molar-refractivity contribution < 1.29 is 9.53 Å². The molecule has 0 saturated heterocycles. The number of hydrogen-bond donors (Lipinski definition) is 3. The van der Waals surface area contributed by atoms with E-state index < -0.39 is 0 Å². The summed E-state index contributed by atoms with van der Waals surface area (Å²) in [7, 11) is 0. The monoisotopic (exact) mass is 456 g/mol. The molecule has 4 rings (SSSR count). The molecule has 3 aromatic carbocycles. The molecule has 0 bridgehead atoms. The molecule has 1 aliphatic rings. The fourth-order valence-electron chi connectivity index (χ4n) is 4.11. The van der Waals surface area contributed by atoms with Gasteiger partial charge in [-0.15, -0.1) is 0 Å². The number of nitrogen functional groups attached to an aromatic ring is 1. The first-order chi connectivity index (χ1) is 16.6. The molecule has 0 aromatic heterocycles. The van der Waals surface area contributed by atoms with Crippen LogP contribution in [0.25, 0.3) is 11.3 Å². The molecule has 4 N–H and O–H groups in total. The molecular formula is C28H32N4O2. The van der Waals surface area contributed by atoms with Crippen molar-refractivity contribution >= 4 is 34.2 Å². The Hall–Kier alpha value is -3.77. The van der Waals surface area contributed by atoms with Gasteiger partial charge in [0.05, 0.1) is 17.9 Å². The molecule has 0 saturated carbocycles. The zero-order valence-corrected chi connectivity index (χ0v) is 19.8. The lowest BCUT2D eigenvalue weighted by Crippen LogP contribution is -2.25. The van der Waals surface area contributed by atoms with Crippen LogP contribution in [-0.4, -0.2) is 37.0 Å². The maximum Gasteiger partial charge on any atom is 0.258 e. The minimum Gasteiger partial charge on any atom is -0.494 e. The summed E-state index contributed by atoms with van der Waals surface area (Å²) in [4.78, 5) is 15.4. The number of carbonyl (C=O) groups excluding carboxylic acids is 1. The molecular weight excluding hydrogens is 424 g/mol. The number of rotatable bonds is 10. The Bertz CT molecular complexity index is 1150. The number of amides is 1. The number of hydrogen-bond acceptors (Lipinski definition) is 5. The number of carbonyl (C=O) groups is 1. The largest absolute Gasteiger partial charge is 0.494 e. The van der Waals surface area contributed by atoms with Gasteiger partial charge in [-0.2, -0.15) is 0 Å². The highest BCUT2D eigenvalue weighted by atomic mass is 16.5. The van der Waals surface area contributed by atoms with Gasteiger partial charge >= 0.3 is 0 Å². The van der Waals surface area contributed by atoms with Crippen molar-refractivity contribution in [3.63, 3.8) is 0 Å². The molecule has 0 aliphatic carbocycles. The molecule has 1 amide bonds. The van der Waals surface area contributed by atoms with Crippen LogP contribution in [0.2, 0.25) is 0 Å². The van der Waals surface area contributed by atoms with Crippen LogP contribution in [0.3, 0.4) is 0 Å². The topological polar surface area (TPSA) is 79.6 Å². The Balaban J connectivity index is 1.55. The van der Waals surface area contributed by atoms with Crippen LogP contribution in [0.5, 0.6) is 5.75 Å². The molecule has 6 heteroatoms. The van der Waals surface area contributed by atoms with Gasteiger partial charge in [-0.1, -0.05) is 44.2 Å². The molecule has 1 heterocycles. The zero-order valence-electron chi connectivity index (χ0n) is 19.8. The van der Waals surface area contributed by atoms with E-state index in [-0.39, 0.29) is 5.91 Å². The third-order valence-corrected chi connectivity index (χ3v) is 6.01. The quantitative estimate of drug-likeness (QED) is 0.219. The fraction of sp³-hybridized carbons (Fsp3) is 0.250. The number of nitrogens with one attached hydrogen (secondary N) is 2. The van der Waals surface area contributed by atoms with Gasteiger partial charge in [-0.05, 0) is 67.5 Å². The summed E-state index contributed by atoms with van der Waals surface area (Å²) in [5, 5.41) is 6.42. The molecule has 0 fully saturated rings. The summed E-state index contributed by atoms with van der Waals surface area (Å²) < 4.78 is 5.92. The van der Waals surface area contributed by atoms with E-state index in [2.05, 4.69) is 29.4 Å². The average molecular weight is 457 g/mol. The van der Waals surface area contributed by atoms with Crippen molar-refractivity contribution in [2.24, 2.45) is 0 Å². The van der Waals surface area contributed by atoms with E-state index in [0.717, 1.165) is 60.0 Å². The molecule has 0 atom stereocenters. The van der Waals surface area contributed by atoms with Gasteiger partial charge in [-0.3, -0.25) is 4.79 Å². The molecule has 0 spiro atoms. The maximum atomic E-state index is 13.0. The van der Waals surface area contributed by atoms with Gasteiger partial charge in [-0.25, -0.2) is 0 Å². The number of nitrogens with two attached hydrogens (primary N) is 1. The summed E-state index contributed by atoms with van der Waals surface area (Å²) in [6.45, 7) is 8.20. The van der Waals surface area contributed by atoms with Gasteiger partial charge in [0.1, 0.15) is 5.75 Å². The highest BCUT2D eigenvalue weighted by Gasteiger charge is 2.28. The molecule has 1 aliphatic heterocycles. The summed E-state index contributed by atoms with van der Waals surface area (Å²) in [6, 6.07) is 23.2. The van der Waals surface area contributed by atoms with E-state index in [9.17, 15) is 4.79 Å². The second-order valence-corrected chi connectivity index (χ2v) is 8.25. The van der Waals surface area contributed by atoms with Crippen molar-refractivity contribution in [2.45, 2.75) is 20.3 Å². The fourth-order valence-corrected chi connectivity index (χ4v) is 4.11. The smallest absolute Gasteiger partial charge is 0.258 e. The summed E-state index contributed by atoms with van der Waals surface area (Å²) >= 11 is 0. The number of anilines is 3.